The average Bonchev–Trinajstić information content (AvgIpc) is 2.84. The van der Waals surface area contributed by atoms with Gasteiger partial charge in [-0.2, -0.15) is 0 Å². The van der Waals surface area contributed by atoms with Crippen molar-refractivity contribution in [2.45, 2.75) is 18.2 Å². The van der Waals surface area contributed by atoms with E-state index in [1.165, 1.54) is 11.3 Å². The molecule has 1 aliphatic rings. The molecule has 118 valence electrons. The van der Waals surface area contributed by atoms with Crippen LogP contribution in [0.1, 0.15) is 11.4 Å². The molecule has 1 N–H and O–H groups in total. The number of sulfonamides is 1. The number of fused-ring (bicyclic) bond motifs is 1. The number of thiazole rings is 1. The monoisotopic (exact) mass is 337 g/mol. The minimum Gasteiger partial charge on any atom is -0.302 e. The third kappa shape index (κ3) is 3.38. The first-order valence-electron chi connectivity index (χ1n) is 7.17. The van der Waals surface area contributed by atoms with E-state index < -0.39 is 10.0 Å². The smallest absolute Gasteiger partial charge is 0.240 e. The van der Waals surface area contributed by atoms with Crippen molar-refractivity contribution in [2.24, 2.45) is 0 Å². The van der Waals surface area contributed by atoms with Crippen LogP contribution in [-0.4, -0.2) is 45.0 Å². The minimum absolute atomic E-state index is 0.299. The molecule has 22 heavy (non-hydrogen) atoms. The highest BCUT2D eigenvalue weighted by Crippen LogP contribution is 2.24. The molecule has 0 fully saturated rings. The lowest BCUT2D eigenvalue weighted by atomic mass is 10.1. The van der Waals surface area contributed by atoms with E-state index in [1.54, 1.807) is 18.2 Å². The molecule has 0 spiro atoms. The van der Waals surface area contributed by atoms with Crippen LogP contribution in [0.25, 0.3) is 10.2 Å². The molecule has 1 aliphatic heterocycles. The fourth-order valence-electron chi connectivity index (χ4n) is 2.57. The van der Waals surface area contributed by atoms with Gasteiger partial charge in [0.2, 0.25) is 10.0 Å². The van der Waals surface area contributed by atoms with Gasteiger partial charge in [-0.1, -0.05) is 6.08 Å². The number of rotatable bonds is 4. The lowest BCUT2D eigenvalue weighted by Crippen LogP contribution is -2.32. The molecular formula is C15H19N3O2S2. The van der Waals surface area contributed by atoms with Gasteiger partial charge in [0.15, 0.2) is 0 Å². The molecular weight excluding hydrogens is 318 g/mol. The van der Waals surface area contributed by atoms with Crippen molar-refractivity contribution >= 4 is 31.6 Å². The summed E-state index contributed by atoms with van der Waals surface area (Å²) >= 11 is 1.51. The SMILES string of the molecule is Cc1nc2ccc(S(=O)(=O)NCC3=CCCN(C)C3)cc2s1. The van der Waals surface area contributed by atoms with Crippen LogP contribution in [0.3, 0.4) is 0 Å². The Hall–Kier alpha value is -1.28. The van der Waals surface area contributed by atoms with Gasteiger partial charge in [-0.05, 0) is 44.2 Å². The molecule has 7 heteroatoms. The van der Waals surface area contributed by atoms with Gasteiger partial charge in [0.25, 0.3) is 0 Å². The van der Waals surface area contributed by atoms with Crippen molar-refractivity contribution in [3.63, 3.8) is 0 Å². The topological polar surface area (TPSA) is 62.3 Å². The lowest BCUT2D eigenvalue weighted by Gasteiger charge is -2.23. The minimum atomic E-state index is -3.49. The van der Waals surface area contributed by atoms with Gasteiger partial charge in [0.05, 0.1) is 20.1 Å². The van der Waals surface area contributed by atoms with Crippen molar-refractivity contribution in [1.29, 1.82) is 0 Å². The van der Waals surface area contributed by atoms with Crippen molar-refractivity contribution in [3.05, 3.63) is 34.9 Å². The van der Waals surface area contributed by atoms with E-state index in [1.807, 2.05) is 14.0 Å². The van der Waals surface area contributed by atoms with E-state index in [4.69, 9.17) is 0 Å². The number of nitrogens with one attached hydrogen (secondary N) is 1. The Morgan fingerprint density at radius 1 is 1.41 bits per heavy atom. The van der Waals surface area contributed by atoms with Crippen LogP contribution in [-0.2, 0) is 10.0 Å². The molecule has 1 aromatic heterocycles. The molecule has 0 saturated heterocycles. The molecule has 5 nitrogen and oxygen atoms in total. The standard InChI is InChI=1S/C15H19N3O2S2/c1-11-17-14-6-5-13(8-15(14)21-11)22(19,20)16-9-12-4-3-7-18(2)10-12/h4-6,8,16H,3,7,9-10H2,1-2H3. The molecule has 0 saturated carbocycles. The van der Waals surface area contributed by atoms with E-state index in [9.17, 15) is 8.42 Å². The number of aromatic nitrogens is 1. The van der Waals surface area contributed by atoms with Crippen LogP contribution in [0.5, 0.6) is 0 Å². The fraction of sp³-hybridized carbons (Fsp3) is 0.400. The summed E-state index contributed by atoms with van der Waals surface area (Å²) in [5, 5.41) is 0.938. The summed E-state index contributed by atoms with van der Waals surface area (Å²) in [6.45, 7) is 4.13. The Balaban J connectivity index is 1.77. The number of nitrogens with zero attached hydrogens (tertiary/aromatic N) is 2. The second kappa shape index (κ2) is 6.08. The maximum absolute atomic E-state index is 12.4. The Bertz CT molecular complexity index is 824. The zero-order valence-corrected chi connectivity index (χ0v) is 14.3. The first-order valence-corrected chi connectivity index (χ1v) is 9.47. The summed E-state index contributed by atoms with van der Waals surface area (Å²) in [4.78, 5) is 6.84. The zero-order valence-electron chi connectivity index (χ0n) is 12.7. The van der Waals surface area contributed by atoms with E-state index in [-0.39, 0.29) is 0 Å². The molecule has 2 aromatic rings. The lowest BCUT2D eigenvalue weighted by molar-refractivity contribution is 0.352. The normalized spacial score (nSPS) is 16.9. The number of hydrogen-bond acceptors (Lipinski definition) is 5. The Morgan fingerprint density at radius 3 is 3.00 bits per heavy atom. The molecule has 2 heterocycles. The molecule has 1 aromatic carbocycles. The maximum atomic E-state index is 12.4. The second-order valence-corrected chi connectivity index (χ2v) is 8.58. The van der Waals surface area contributed by atoms with E-state index in [0.717, 1.165) is 40.3 Å². The van der Waals surface area contributed by atoms with Crippen molar-refractivity contribution in [3.8, 4) is 0 Å². The van der Waals surface area contributed by atoms with Gasteiger partial charge in [0, 0.05) is 19.6 Å². The quantitative estimate of drug-likeness (QED) is 0.869. The number of benzene rings is 1. The maximum Gasteiger partial charge on any atom is 0.240 e. The molecule has 0 amide bonds. The highest BCUT2D eigenvalue weighted by molar-refractivity contribution is 7.89. The van der Waals surface area contributed by atoms with Gasteiger partial charge < -0.3 is 4.90 Å². The van der Waals surface area contributed by atoms with Crippen LogP contribution < -0.4 is 4.72 Å². The fourth-order valence-corrected chi connectivity index (χ4v) is 4.57. The Kier molecular flexibility index (Phi) is 4.31. The van der Waals surface area contributed by atoms with Crippen LogP contribution in [0.4, 0.5) is 0 Å². The summed E-state index contributed by atoms with van der Waals surface area (Å²) < 4.78 is 28.5. The van der Waals surface area contributed by atoms with Gasteiger partial charge in [-0.3, -0.25) is 0 Å². The highest BCUT2D eigenvalue weighted by Gasteiger charge is 2.17. The van der Waals surface area contributed by atoms with Crippen LogP contribution in [0.2, 0.25) is 0 Å². The molecule has 0 unspecified atom stereocenters. The van der Waals surface area contributed by atoms with E-state index in [2.05, 4.69) is 20.7 Å². The summed E-state index contributed by atoms with van der Waals surface area (Å²) in [5.74, 6) is 0. The predicted molar refractivity (Wildman–Crippen MR) is 89.7 cm³/mol. The van der Waals surface area contributed by atoms with Crippen molar-refractivity contribution in [2.75, 3.05) is 26.7 Å². The van der Waals surface area contributed by atoms with Gasteiger partial charge in [0.1, 0.15) is 0 Å². The molecule has 0 atom stereocenters. The average molecular weight is 337 g/mol. The van der Waals surface area contributed by atoms with Crippen LogP contribution in [0, 0.1) is 6.92 Å². The van der Waals surface area contributed by atoms with Crippen LogP contribution in [0.15, 0.2) is 34.7 Å². The third-order valence-corrected chi connectivity index (χ3v) is 6.02. The van der Waals surface area contributed by atoms with E-state index in [0.29, 0.717) is 11.4 Å². The van der Waals surface area contributed by atoms with E-state index >= 15 is 0 Å². The summed E-state index contributed by atoms with van der Waals surface area (Å²) in [7, 11) is -1.45. The first kappa shape index (κ1) is 15.6. The first-order chi connectivity index (χ1) is 10.4. The second-order valence-electron chi connectivity index (χ2n) is 5.58. The highest BCUT2D eigenvalue weighted by atomic mass is 32.2. The number of hydrogen-bond donors (Lipinski definition) is 1. The van der Waals surface area contributed by atoms with Crippen LogP contribution >= 0.6 is 11.3 Å². The molecule has 3 rings (SSSR count). The van der Waals surface area contributed by atoms with Gasteiger partial charge in [-0.15, -0.1) is 11.3 Å². The van der Waals surface area contributed by atoms with Crippen molar-refractivity contribution in [1.82, 2.24) is 14.6 Å². The third-order valence-electron chi connectivity index (χ3n) is 3.68. The van der Waals surface area contributed by atoms with Crippen molar-refractivity contribution < 1.29 is 8.42 Å². The molecule has 0 aliphatic carbocycles. The summed E-state index contributed by atoms with van der Waals surface area (Å²) in [6.07, 6.45) is 3.10. The Morgan fingerprint density at radius 2 is 2.23 bits per heavy atom. The number of aryl methyl sites for hydroxylation is 1. The molecule has 0 radical (unpaired) electrons. The largest absolute Gasteiger partial charge is 0.302 e. The number of likely N-dealkylation sites (N-methyl/N-ethyl adjacent to an activating group) is 1. The molecule has 0 bridgehead atoms. The summed E-state index contributed by atoms with van der Waals surface area (Å²) in [5.41, 5.74) is 1.96. The Labute approximate surface area is 134 Å². The zero-order chi connectivity index (χ0) is 15.7. The van der Waals surface area contributed by atoms with Gasteiger partial charge in [-0.25, -0.2) is 18.1 Å². The van der Waals surface area contributed by atoms with Gasteiger partial charge >= 0.3 is 0 Å². The summed E-state index contributed by atoms with van der Waals surface area (Å²) in [6, 6.07) is 5.08. The predicted octanol–water partition coefficient (Wildman–Crippen LogP) is 2.14.